The van der Waals surface area contributed by atoms with E-state index in [-0.39, 0.29) is 48.2 Å². The molecule has 1 fully saturated rings. The van der Waals surface area contributed by atoms with Gasteiger partial charge in [-0.15, -0.1) is 0 Å². The van der Waals surface area contributed by atoms with Gasteiger partial charge in [0.1, 0.15) is 0 Å². The SMILES string of the molecule is Cc1ccc2c(c1)C(=O)N(CCCC(=O)N[C@@H]1CCS(=O)(=O)C1)C2=O. The number of imide groups is 1. The van der Waals surface area contributed by atoms with Crippen molar-refractivity contribution in [1.82, 2.24) is 10.2 Å². The molecule has 2 aliphatic heterocycles. The molecule has 2 aliphatic rings. The fourth-order valence-corrected chi connectivity index (χ4v) is 4.89. The van der Waals surface area contributed by atoms with E-state index in [0.29, 0.717) is 24.0 Å². The highest BCUT2D eigenvalue weighted by atomic mass is 32.2. The van der Waals surface area contributed by atoms with Crippen molar-refractivity contribution in [2.45, 2.75) is 32.2 Å². The minimum absolute atomic E-state index is 0.0174. The number of nitrogens with one attached hydrogen (secondary N) is 1. The average Bonchev–Trinajstić information content (AvgIpc) is 2.99. The number of rotatable bonds is 5. The molecule has 0 unspecified atom stereocenters. The Bertz CT molecular complexity index is 847. The van der Waals surface area contributed by atoms with Crippen LogP contribution in [0, 0.1) is 6.92 Å². The molecule has 7 nitrogen and oxygen atoms in total. The topological polar surface area (TPSA) is 101 Å². The van der Waals surface area contributed by atoms with Gasteiger partial charge in [-0.25, -0.2) is 8.42 Å². The summed E-state index contributed by atoms with van der Waals surface area (Å²) in [6.45, 7) is 2.02. The molecule has 1 saturated heterocycles. The van der Waals surface area contributed by atoms with Gasteiger partial charge in [0.15, 0.2) is 9.84 Å². The number of nitrogens with zero attached hydrogens (tertiary/aromatic N) is 1. The van der Waals surface area contributed by atoms with Crippen LogP contribution in [0.15, 0.2) is 18.2 Å². The van der Waals surface area contributed by atoms with E-state index in [2.05, 4.69) is 5.32 Å². The van der Waals surface area contributed by atoms with Gasteiger partial charge in [-0.3, -0.25) is 19.3 Å². The molecule has 0 spiro atoms. The zero-order valence-electron chi connectivity index (χ0n) is 13.9. The number of carbonyl (C=O) groups is 3. The first-order valence-electron chi connectivity index (χ1n) is 8.23. The second-order valence-corrected chi connectivity index (χ2v) is 8.81. The van der Waals surface area contributed by atoms with E-state index in [1.165, 1.54) is 0 Å². The molecule has 134 valence electrons. The predicted octanol–water partition coefficient (Wildman–Crippen LogP) is 0.675. The second-order valence-electron chi connectivity index (χ2n) is 6.58. The van der Waals surface area contributed by atoms with Crippen molar-refractivity contribution < 1.29 is 22.8 Å². The Morgan fingerprint density at radius 2 is 1.96 bits per heavy atom. The first kappa shape index (κ1) is 17.6. The number of carbonyl (C=O) groups excluding carboxylic acids is 3. The van der Waals surface area contributed by atoms with Gasteiger partial charge in [-0.05, 0) is 31.9 Å². The minimum atomic E-state index is -3.04. The van der Waals surface area contributed by atoms with Crippen molar-refractivity contribution >= 4 is 27.6 Å². The Hall–Kier alpha value is -2.22. The number of sulfone groups is 1. The van der Waals surface area contributed by atoms with E-state index in [1.54, 1.807) is 18.2 Å². The Kier molecular flexibility index (Phi) is 4.64. The van der Waals surface area contributed by atoms with Gasteiger partial charge in [0.05, 0.1) is 22.6 Å². The summed E-state index contributed by atoms with van der Waals surface area (Å²) >= 11 is 0. The smallest absolute Gasteiger partial charge is 0.261 e. The Balaban J connectivity index is 1.50. The van der Waals surface area contributed by atoms with Gasteiger partial charge >= 0.3 is 0 Å². The lowest BCUT2D eigenvalue weighted by Gasteiger charge is -2.14. The van der Waals surface area contributed by atoms with Gasteiger partial charge in [0.2, 0.25) is 5.91 Å². The van der Waals surface area contributed by atoms with Gasteiger partial charge < -0.3 is 5.32 Å². The highest BCUT2D eigenvalue weighted by Crippen LogP contribution is 2.24. The van der Waals surface area contributed by atoms with Crippen molar-refractivity contribution in [3.05, 3.63) is 34.9 Å². The van der Waals surface area contributed by atoms with Crippen molar-refractivity contribution in [2.75, 3.05) is 18.1 Å². The van der Waals surface area contributed by atoms with Crippen LogP contribution < -0.4 is 5.32 Å². The predicted molar refractivity (Wildman–Crippen MR) is 91.0 cm³/mol. The van der Waals surface area contributed by atoms with Crippen LogP contribution in [0.5, 0.6) is 0 Å². The summed E-state index contributed by atoms with van der Waals surface area (Å²) in [5, 5.41) is 2.70. The molecule has 3 rings (SSSR count). The Labute approximate surface area is 146 Å². The Morgan fingerprint density at radius 1 is 1.24 bits per heavy atom. The van der Waals surface area contributed by atoms with E-state index >= 15 is 0 Å². The molecule has 0 aromatic heterocycles. The fourth-order valence-electron chi connectivity index (χ4n) is 3.21. The lowest BCUT2D eigenvalue weighted by atomic mass is 10.1. The summed E-state index contributed by atoms with van der Waals surface area (Å²) < 4.78 is 22.8. The summed E-state index contributed by atoms with van der Waals surface area (Å²) in [7, 11) is -3.04. The third kappa shape index (κ3) is 3.73. The number of fused-ring (bicyclic) bond motifs is 1. The lowest BCUT2D eigenvalue weighted by Crippen LogP contribution is -2.36. The molecule has 0 saturated carbocycles. The van der Waals surface area contributed by atoms with Crippen LogP contribution in [-0.4, -0.2) is 55.1 Å². The molecule has 3 amide bonds. The average molecular weight is 364 g/mol. The van der Waals surface area contributed by atoms with Crippen molar-refractivity contribution in [3.63, 3.8) is 0 Å². The molecule has 0 aliphatic carbocycles. The standard InChI is InChI=1S/C17H20N2O5S/c1-11-4-5-13-14(9-11)17(22)19(16(13)21)7-2-3-15(20)18-12-6-8-25(23,24)10-12/h4-5,9,12H,2-3,6-8,10H2,1H3,(H,18,20)/t12-/m1/s1. The molecule has 1 atom stereocenters. The molecular weight excluding hydrogens is 344 g/mol. The third-order valence-electron chi connectivity index (χ3n) is 4.51. The molecule has 25 heavy (non-hydrogen) atoms. The molecule has 2 heterocycles. The van der Waals surface area contributed by atoms with E-state index < -0.39 is 9.84 Å². The third-order valence-corrected chi connectivity index (χ3v) is 6.28. The minimum Gasteiger partial charge on any atom is -0.352 e. The maximum Gasteiger partial charge on any atom is 0.261 e. The molecular formula is C17H20N2O5S. The van der Waals surface area contributed by atoms with Crippen molar-refractivity contribution in [2.24, 2.45) is 0 Å². The van der Waals surface area contributed by atoms with Crippen molar-refractivity contribution in [3.8, 4) is 0 Å². The van der Waals surface area contributed by atoms with Gasteiger partial charge in [-0.1, -0.05) is 11.6 Å². The fraction of sp³-hybridized carbons (Fsp3) is 0.471. The van der Waals surface area contributed by atoms with Crippen LogP contribution in [0.4, 0.5) is 0 Å². The number of amides is 3. The summed E-state index contributed by atoms with van der Waals surface area (Å²) in [4.78, 5) is 37.7. The zero-order valence-corrected chi connectivity index (χ0v) is 14.8. The van der Waals surface area contributed by atoms with Gasteiger partial charge in [-0.2, -0.15) is 0 Å². The van der Waals surface area contributed by atoms with Crippen LogP contribution in [-0.2, 0) is 14.6 Å². The first-order chi connectivity index (χ1) is 11.8. The first-order valence-corrected chi connectivity index (χ1v) is 10.1. The second kappa shape index (κ2) is 6.59. The molecule has 1 aromatic carbocycles. The number of aryl methyl sites for hydroxylation is 1. The van der Waals surface area contributed by atoms with Crippen LogP contribution >= 0.6 is 0 Å². The summed E-state index contributed by atoms with van der Waals surface area (Å²) in [6, 6.07) is 4.80. The summed E-state index contributed by atoms with van der Waals surface area (Å²) in [5.41, 5.74) is 1.72. The summed E-state index contributed by atoms with van der Waals surface area (Å²) in [5.74, 6) is -0.828. The number of hydrogen-bond acceptors (Lipinski definition) is 5. The molecule has 1 N–H and O–H groups in total. The largest absolute Gasteiger partial charge is 0.352 e. The number of hydrogen-bond donors (Lipinski definition) is 1. The summed E-state index contributed by atoms with van der Waals surface area (Å²) in [6.07, 6.45) is 0.921. The van der Waals surface area contributed by atoms with Gasteiger partial charge in [0.25, 0.3) is 11.8 Å². The molecule has 1 aromatic rings. The molecule has 0 radical (unpaired) electrons. The van der Waals surface area contributed by atoms with E-state index in [9.17, 15) is 22.8 Å². The quantitative estimate of drug-likeness (QED) is 0.774. The van der Waals surface area contributed by atoms with Crippen LogP contribution in [0.2, 0.25) is 0 Å². The highest BCUT2D eigenvalue weighted by Gasteiger charge is 2.35. The lowest BCUT2D eigenvalue weighted by molar-refractivity contribution is -0.121. The van der Waals surface area contributed by atoms with E-state index in [4.69, 9.17) is 0 Å². The van der Waals surface area contributed by atoms with Crippen LogP contribution in [0.25, 0.3) is 0 Å². The monoisotopic (exact) mass is 364 g/mol. The highest BCUT2D eigenvalue weighted by molar-refractivity contribution is 7.91. The normalized spacial score (nSPS) is 21.5. The van der Waals surface area contributed by atoms with E-state index in [1.807, 2.05) is 6.92 Å². The van der Waals surface area contributed by atoms with Crippen molar-refractivity contribution in [1.29, 1.82) is 0 Å². The van der Waals surface area contributed by atoms with E-state index in [0.717, 1.165) is 10.5 Å². The van der Waals surface area contributed by atoms with Crippen LogP contribution in [0.3, 0.4) is 0 Å². The van der Waals surface area contributed by atoms with Crippen LogP contribution in [0.1, 0.15) is 45.5 Å². The maximum atomic E-state index is 12.3. The van der Waals surface area contributed by atoms with Gasteiger partial charge in [0, 0.05) is 19.0 Å². The molecule has 8 heteroatoms. The maximum absolute atomic E-state index is 12.3. The number of benzene rings is 1. The molecule has 0 bridgehead atoms. The Morgan fingerprint density at radius 3 is 2.64 bits per heavy atom. The zero-order chi connectivity index (χ0) is 18.2.